The third-order valence-corrected chi connectivity index (χ3v) is 11.2. The molecule has 0 N–H and O–H groups in total. The van der Waals surface area contributed by atoms with Gasteiger partial charge in [0.15, 0.2) is 17.5 Å². The van der Waals surface area contributed by atoms with E-state index in [1.165, 1.54) is 27.8 Å². The summed E-state index contributed by atoms with van der Waals surface area (Å²) < 4.78 is 6.61. The summed E-state index contributed by atoms with van der Waals surface area (Å²) in [5.74, 6) is 1.82. The molecule has 0 spiro atoms. The van der Waals surface area contributed by atoms with Crippen LogP contribution in [-0.4, -0.2) is 15.0 Å². The van der Waals surface area contributed by atoms with Crippen LogP contribution in [0.3, 0.4) is 0 Å². The Hall–Kier alpha value is -7.95. The van der Waals surface area contributed by atoms with Crippen LogP contribution in [0.5, 0.6) is 0 Å². The highest BCUT2D eigenvalue weighted by atomic mass is 16.3. The van der Waals surface area contributed by atoms with Gasteiger partial charge in [0, 0.05) is 27.5 Å². The standard InChI is InChI=1S/C55H35N3O/c1-4-13-36(14-5-1)38-25-27-39(28-26-38)41-19-10-20-44(33-41)47-22-12-24-50-52(47)49-32-30-45(35-51(49)59-50)54-56-53(40-17-8-3-9-18-40)57-55(58-54)48-23-11-21-43-34-42(29-31-46(43)48)37-15-6-2-7-16-37/h1-35H. The van der Waals surface area contributed by atoms with Crippen molar-refractivity contribution in [3.63, 3.8) is 0 Å². The molecule has 0 atom stereocenters. The molecule has 4 nitrogen and oxygen atoms in total. The van der Waals surface area contributed by atoms with Gasteiger partial charge in [-0.2, -0.15) is 0 Å². The molecule has 0 saturated heterocycles. The monoisotopic (exact) mass is 753 g/mol. The average molecular weight is 754 g/mol. The minimum Gasteiger partial charge on any atom is -0.456 e. The lowest BCUT2D eigenvalue weighted by molar-refractivity contribution is 0.669. The Kier molecular flexibility index (Phi) is 8.45. The summed E-state index contributed by atoms with van der Waals surface area (Å²) in [5.41, 5.74) is 13.7. The van der Waals surface area contributed by atoms with E-state index in [2.05, 4.69) is 164 Å². The van der Waals surface area contributed by atoms with Gasteiger partial charge >= 0.3 is 0 Å². The molecule has 2 aromatic heterocycles. The van der Waals surface area contributed by atoms with E-state index < -0.39 is 0 Å². The van der Waals surface area contributed by atoms with Gasteiger partial charge in [0.05, 0.1) is 0 Å². The Morgan fingerprint density at radius 2 is 0.763 bits per heavy atom. The van der Waals surface area contributed by atoms with Crippen molar-refractivity contribution in [2.45, 2.75) is 0 Å². The molecule has 11 aromatic rings. The van der Waals surface area contributed by atoms with E-state index in [9.17, 15) is 0 Å². The van der Waals surface area contributed by atoms with Crippen LogP contribution in [0.2, 0.25) is 0 Å². The molecule has 0 radical (unpaired) electrons. The van der Waals surface area contributed by atoms with Crippen molar-refractivity contribution in [2.24, 2.45) is 0 Å². The van der Waals surface area contributed by atoms with Crippen molar-refractivity contribution in [1.82, 2.24) is 15.0 Å². The predicted molar refractivity (Wildman–Crippen MR) is 243 cm³/mol. The van der Waals surface area contributed by atoms with Gasteiger partial charge in [-0.05, 0) is 85.6 Å². The zero-order chi connectivity index (χ0) is 39.1. The fraction of sp³-hybridized carbons (Fsp3) is 0. The quantitative estimate of drug-likeness (QED) is 0.163. The van der Waals surface area contributed by atoms with Crippen molar-refractivity contribution in [1.29, 1.82) is 0 Å². The van der Waals surface area contributed by atoms with E-state index in [0.29, 0.717) is 17.5 Å². The lowest BCUT2D eigenvalue weighted by Gasteiger charge is -2.11. The van der Waals surface area contributed by atoms with Crippen LogP contribution in [0.25, 0.3) is 111 Å². The van der Waals surface area contributed by atoms with Gasteiger partial charge in [0.25, 0.3) is 0 Å². The van der Waals surface area contributed by atoms with Gasteiger partial charge in [-0.15, -0.1) is 0 Å². The molecule has 11 rings (SSSR count). The van der Waals surface area contributed by atoms with Crippen LogP contribution >= 0.6 is 0 Å². The lowest BCUT2D eigenvalue weighted by Crippen LogP contribution is -2.00. The molecule has 0 saturated carbocycles. The van der Waals surface area contributed by atoms with E-state index in [0.717, 1.165) is 66.1 Å². The number of benzene rings is 9. The molecule has 4 heteroatoms. The fourth-order valence-electron chi connectivity index (χ4n) is 8.19. The van der Waals surface area contributed by atoms with Crippen molar-refractivity contribution < 1.29 is 4.42 Å². The predicted octanol–water partition coefficient (Wildman–Crippen LogP) is 14.6. The number of hydrogen-bond acceptors (Lipinski definition) is 4. The molecule has 0 aliphatic heterocycles. The summed E-state index contributed by atoms with van der Waals surface area (Å²) in [6.45, 7) is 0. The van der Waals surface area contributed by atoms with Gasteiger partial charge in [-0.3, -0.25) is 0 Å². The third-order valence-electron chi connectivity index (χ3n) is 11.2. The summed E-state index contributed by atoms with van der Waals surface area (Å²) in [5, 5.41) is 4.32. The summed E-state index contributed by atoms with van der Waals surface area (Å²) in [6.07, 6.45) is 0. The second kappa shape index (κ2) is 14.5. The van der Waals surface area contributed by atoms with Crippen molar-refractivity contribution >= 4 is 32.7 Å². The van der Waals surface area contributed by atoms with E-state index in [1.54, 1.807) is 0 Å². The maximum atomic E-state index is 6.61. The number of aromatic nitrogens is 3. The van der Waals surface area contributed by atoms with Crippen LogP contribution in [0, 0.1) is 0 Å². The molecule has 0 fully saturated rings. The maximum absolute atomic E-state index is 6.61. The number of nitrogens with zero attached hydrogens (tertiary/aromatic N) is 3. The van der Waals surface area contributed by atoms with Crippen molar-refractivity contribution in [3.8, 4) is 78.7 Å². The minimum atomic E-state index is 0.584. The minimum absolute atomic E-state index is 0.584. The number of hydrogen-bond donors (Lipinski definition) is 0. The average Bonchev–Trinajstić information content (AvgIpc) is 3.70. The van der Waals surface area contributed by atoms with E-state index in [-0.39, 0.29) is 0 Å². The highest BCUT2D eigenvalue weighted by Crippen LogP contribution is 2.40. The van der Waals surface area contributed by atoms with Gasteiger partial charge < -0.3 is 4.42 Å². The second-order valence-corrected chi connectivity index (χ2v) is 14.8. The van der Waals surface area contributed by atoms with Gasteiger partial charge in [0.1, 0.15) is 11.2 Å². The normalized spacial score (nSPS) is 11.4. The van der Waals surface area contributed by atoms with Gasteiger partial charge in [-0.25, -0.2) is 15.0 Å². The summed E-state index contributed by atoms with van der Waals surface area (Å²) in [7, 11) is 0. The number of furan rings is 1. The van der Waals surface area contributed by atoms with E-state index in [4.69, 9.17) is 19.4 Å². The van der Waals surface area contributed by atoms with Gasteiger partial charge in [0.2, 0.25) is 0 Å². The molecular formula is C55H35N3O. The third kappa shape index (κ3) is 6.43. The molecule has 9 aromatic carbocycles. The van der Waals surface area contributed by atoms with Crippen LogP contribution in [0.15, 0.2) is 217 Å². The molecule has 59 heavy (non-hydrogen) atoms. The maximum Gasteiger partial charge on any atom is 0.164 e. The van der Waals surface area contributed by atoms with Crippen LogP contribution in [0.1, 0.15) is 0 Å². The number of rotatable bonds is 7. The van der Waals surface area contributed by atoms with Crippen LogP contribution < -0.4 is 0 Å². The Balaban J connectivity index is 0.992. The SMILES string of the molecule is c1ccc(-c2ccc(-c3cccc(-c4cccc5oc6cc(-c7nc(-c8ccccc8)nc(-c8cccc9cc(-c%10ccccc%10)ccc89)n7)ccc6c45)c3)cc2)cc1. The second-order valence-electron chi connectivity index (χ2n) is 14.8. The number of fused-ring (bicyclic) bond motifs is 4. The molecule has 0 bridgehead atoms. The smallest absolute Gasteiger partial charge is 0.164 e. The first-order chi connectivity index (χ1) is 29.2. The molecule has 2 heterocycles. The molecular weight excluding hydrogens is 719 g/mol. The molecule has 276 valence electrons. The van der Waals surface area contributed by atoms with Gasteiger partial charge in [-0.1, -0.05) is 182 Å². The topological polar surface area (TPSA) is 51.8 Å². The zero-order valence-electron chi connectivity index (χ0n) is 32.0. The summed E-state index contributed by atoms with van der Waals surface area (Å²) in [6, 6.07) is 74.1. The van der Waals surface area contributed by atoms with Crippen LogP contribution in [0.4, 0.5) is 0 Å². The van der Waals surface area contributed by atoms with Crippen LogP contribution in [-0.2, 0) is 0 Å². The first-order valence-corrected chi connectivity index (χ1v) is 19.8. The highest BCUT2D eigenvalue weighted by Gasteiger charge is 2.18. The first kappa shape index (κ1) is 34.3. The Labute approximate surface area is 341 Å². The fourth-order valence-corrected chi connectivity index (χ4v) is 8.19. The summed E-state index contributed by atoms with van der Waals surface area (Å²) in [4.78, 5) is 15.3. The highest BCUT2D eigenvalue weighted by molar-refractivity contribution is 6.13. The first-order valence-electron chi connectivity index (χ1n) is 19.8. The Bertz CT molecular complexity index is 3300. The van der Waals surface area contributed by atoms with Crippen molar-refractivity contribution in [3.05, 3.63) is 212 Å². The molecule has 0 amide bonds. The molecule has 0 aliphatic rings. The Morgan fingerprint density at radius 3 is 1.51 bits per heavy atom. The molecule has 0 unspecified atom stereocenters. The lowest BCUT2D eigenvalue weighted by atomic mass is 9.95. The molecule has 0 aliphatic carbocycles. The van der Waals surface area contributed by atoms with E-state index in [1.807, 2.05) is 48.5 Å². The largest absolute Gasteiger partial charge is 0.456 e. The Morgan fingerprint density at radius 1 is 0.271 bits per heavy atom. The van der Waals surface area contributed by atoms with E-state index >= 15 is 0 Å². The summed E-state index contributed by atoms with van der Waals surface area (Å²) >= 11 is 0. The zero-order valence-corrected chi connectivity index (χ0v) is 32.0. The van der Waals surface area contributed by atoms with Crippen molar-refractivity contribution in [2.75, 3.05) is 0 Å².